The van der Waals surface area contributed by atoms with Crippen LogP contribution in [0.5, 0.6) is 0 Å². The highest BCUT2D eigenvalue weighted by Gasteiger charge is 2.24. The van der Waals surface area contributed by atoms with Crippen LogP contribution in [0.15, 0.2) is 72.9 Å². The van der Waals surface area contributed by atoms with Crippen molar-refractivity contribution in [1.82, 2.24) is 5.32 Å². The Labute approximate surface area is 377 Å². The summed E-state index contributed by atoms with van der Waals surface area (Å²) in [6, 6.07) is -0.713. The number of allylic oxidation sites excluding steroid dienone is 12. The maximum atomic E-state index is 13.2. The highest BCUT2D eigenvalue weighted by Crippen LogP contribution is 2.17. The van der Waals surface area contributed by atoms with Gasteiger partial charge in [-0.15, -0.1) is 0 Å². The van der Waals surface area contributed by atoms with Gasteiger partial charge >= 0.3 is 5.97 Å². The predicted molar refractivity (Wildman–Crippen MR) is 264 cm³/mol. The Balaban J connectivity index is 4.52. The molecule has 0 aliphatic heterocycles. The molecule has 0 aromatic heterocycles. The molecule has 0 radical (unpaired) electrons. The number of amides is 1. The minimum Gasteiger partial charge on any atom is -0.462 e. The monoisotopic (exact) mass is 852 g/mol. The standard InChI is InChI=1S/C55H97NO5/c1-4-7-10-13-16-19-21-23-25-26-27-29-31-33-36-39-42-45-48-55(60)61-51(46-43-40-37-34-18-15-12-9-6-3)49-54(59)56-52(50-57)53(58)47-44-41-38-35-32-30-28-24-22-20-17-14-11-8-5-2/h10,13,15-16,18-19,21,23,25-27,29,51-53,57-58H,4-9,11-12,14,17,20,22,24,28,30-50H2,1-3H3,(H,56,59)/b13-10+,18-15-,19-16+,23-21+,26-25+,29-27+. The van der Waals surface area contributed by atoms with Crippen LogP contribution in [0.25, 0.3) is 0 Å². The molecule has 0 fully saturated rings. The van der Waals surface area contributed by atoms with Crippen LogP contribution in [0.2, 0.25) is 0 Å². The highest BCUT2D eigenvalue weighted by atomic mass is 16.5. The maximum Gasteiger partial charge on any atom is 0.306 e. The Morgan fingerprint density at radius 1 is 0.475 bits per heavy atom. The topological polar surface area (TPSA) is 95.9 Å². The number of aliphatic hydroxyl groups excluding tert-OH is 2. The average Bonchev–Trinajstić information content (AvgIpc) is 3.25. The van der Waals surface area contributed by atoms with Crippen molar-refractivity contribution in [3.8, 4) is 0 Å². The third-order valence-electron chi connectivity index (χ3n) is 11.4. The molecule has 0 saturated heterocycles. The van der Waals surface area contributed by atoms with E-state index in [4.69, 9.17) is 4.74 Å². The molecule has 1 amide bonds. The molecule has 3 atom stereocenters. The number of hydrogen-bond donors (Lipinski definition) is 3. The van der Waals surface area contributed by atoms with Crippen molar-refractivity contribution >= 4 is 11.9 Å². The first-order valence-electron chi connectivity index (χ1n) is 25.7. The molecule has 6 heteroatoms. The van der Waals surface area contributed by atoms with E-state index in [1.54, 1.807) is 0 Å². The molecule has 0 aliphatic rings. The molecule has 0 saturated carbocycles. The second-order valence-electron chi connectivity index (χ2n) is 17.3. The number of carbonyl (C=O) groups excluding carboxylic acids is 2. The third-order valence-corrected chi connectivity index (χ3v) is 11.4. The number of ether oxygens (including phenoxy) is 1. The highest BCUT2D eigenvalue weighted by molar-refractivity contribution is 5.77. The lowest BCUT2D eigenvalue weighted by Crippen LogP contribution is -2.46. The van der Waals surface area contributed by atoms with Crippen molar-refractivity contribution in [2.24, 2.45) is 0 Å². The third kappa shape index (κ3) is 43.7. The van der Waals surface area contributed by atoms with Gasteiger partial charge in [0.25, 0.3) is 0 Å². The van der Waals surface area contributed by atoms with E-state index in [9.17, 15) is 19.8 Å². The van der Waals surface area contributed by atoms with Gasteiger partial charge in [-0.25, -0.2) is 0 Å². The van der Waals surface area contributed by atoms with Crippen molar-refractivity contribution in [3.63, 3.8) is 0 Å². The fourth-order valence-corrected chi connectivity index (χ4v) is 7.44. The summed E-state index contributed by atoms with van der Waals surface area (Å²) in [5.74, 6) is -0.522. The van der Waals surface area contributed by atoms with E-state index in [1.807, 2.05) is 24.3 Å². The van der Waals surface area contributed by atoms with Gasteiger partial charge in [0.05, 0.1) is 25.2 Å². The van der Waals surface area contributed by atoms with Crippen LogP contribution in [0.1, 0.15) is 239 Å². The largest absolute Gasteiger partial charge is 0.462 e. The smallest absolute Gasteiger partial charge is 0.306 e. The van der Waals surface area contributed by atoms with Gasteiger partial charge in [-0.3, -0.25) is 9.59 Å². The first-order chi connectivity index (χ1) is 30.0. The predicted octanol–water partition coefficient (Wildman–Crippen LogP) is 15.4. The number of hydrogen-bond acceptors (Lipinski definition) is 5. The molecule has 352 valence electrons. The number of esters is 1. The Morgan fingerprint density at radius 3 is 1.44 bits per heavy atom. The van der Waals surface area contributed by atoms with Crippen molar-refractivity contribution < 1.29 is 24.5 Å². The van der Waals surface area contributed by atoms with Gasteiger partial charge in [-0.05, 0) is 64.2 Å². The zero-order chi connectivity index (χ0) is 44.5. The molecule has 3 unspecified atom stereocenters. The van der Waals surface area contributed by atoms with Crippen molar-refractivity contribution in [2.75, 3.05) is 6.61 Å². The molecule has 61 heavy (non-hydrogen) atoms. The summed E-state index contributed by atoms with van der Waals surface area (Å²) in [5, 5.41) is 23.7. The molecular formula is C55H97NO5. The second-order valence-corrected chi connectivity index (χ2v) is 17.3. The van der Waals surface area contributed by atoms with E-state index in [-0.39, 0.29) is 24.9 Å². The van der Waals surface area contributed by atoms with Crippen molar-refractivity contribution in [2.45, 2.75) is 257 Å². The van der Waals surface area contributed by atoms with Crippen LogP contribution in [0.4, 0.5) is 0 Å². The van der Waals surface area contributed by atoms with Crippen LogP contribution in [-0.4, -0.2) is 46.9 Å². The molecule has 6 nitrogen and oxygen atoms in total. The summed E-state index contributed by atoms with van der Waals surface area (Å²) in [6.07, 6.45) is 61.0. The van der Waals surface area contributed by atoms with E-state index in [0.717, 1.165) is 96.3 Å². The van der Waals surface area contributed by atoms with Crippen LogP contribution in [-0.2, 0) is 14.3 Å². The van der Waals surface area contributed by atoms with Crippen molar-refractivity contribution in [3.05, 3.63) is 72.9 Å². The number of aliphatic hydroxyl groups is 2. The van der Waals surface area contributed by atoms with Gasteiger partial charge in [0.1, 0.15) is 6.10 Å². The van der Waals surface area contributed by atoms with E-state index in [2.05, 4.69) is 74.7 Å². The molecule has 0 aliphatic carbocycles. The number of rotatable bonds is 45. The molecule has 3 N–H and O–H groups in total. The summed E-state index contributed by atoms with van der Waals surface area (Å²) < 4.78 is 5.90. The van der Waals surface area contributed by atoms with Gasteiger partial charge in [0.15, 0.2) is 0 Å². The Hall–Kier alpha value is -2.70. The minimum atomic E-state index is -0.798. The SMILES string of the molecule is CCC/C=C/C=C/C=C/C=C/C=C/CCCCCCCC(=O)OC(CCCCC/C=C\CCCC)CC(=O)NC(CO)C(O)CCCCCCCCCCCCCCCCC. The summed E-state index contributed by atoms with van der Waals surface area (Å²) in [5.41, 5.74) is 0. The maximum absolute atomic E-state index is 13.2. The number of carbonyl (C=O) groups is 2. The molecular weight excluding hydrogens is 755 g/mol. The zero-order valence-electron chi connectivity index (χ0n) is 40.0. The van der Waals surface area contributed by atoms with E-state index in [0.29, 0.717) is 19.3 Å². The first-order valence-corrected chi connectivity index (χ1v) is 25.7. The Morgan fingerprint density at radius 2 is 0.902 bits per heavy atom. The average molecular weight is 852 g/mol. The fraction of sp³-hybridized carbons (Fsp3) is 0.745. The van der Waals surface area contributed by atoms with Gasteiger partial charge in [-0.1, -0.05) is 235 Å². The zero-order valence-corrected chi connectivity index (χ0v) is 40.0. The summed E-state index contributed by atoms with van der Waals surface area (Å²) in [4.78, 5) is 26.1. The molecule has 0 spiro atoms. The van der Waals surface area contributed by atoms with E-state index < -0.39 is 18.2 Å². The van der Waals surface area contributed by atoms with Gasteiger partial charge in [0.2, 0.25) is 5.91 Å². The normalized spacial score (nSPS) is 13.9. The number of unbranched alkanes of at least 4 members (excludes halogenated alkanes) is 25. The molecule has 0 heterocycles. The van der Waals surface area contributed by atoms with Gasteiger partial charge in [0, 0.05) is 6.42 Å². The van der Waals surface area contributed by atoms with Crippen LogP contribution < -0.4 is 5.32 Å². The summed E-state index contributed by atoms with van der Waals surface area (Å²) in [7, 11) is 0. The molecule has 0 rings (SSSR count). The fourth-order valence-electron chi connectivity index (χ4n) is 7.44. The van der Waals surface area contributed by atoms with Crippen LogP contribution in [0.3, 0.4) is 0 Å². The number of nitrogens with one attached hydrogen (secondary N) is 1. The first kappa shape index (κ1) is 58.3. The summed E-state index contributed by atoms with van der Waals surface area (Å²) >= 11 is 0. The minimum absolute atomic E-state index is 0.0532. The van der Waals surface area contributed by atoms with Crippen LogP contribution in [0, 0.1) is 0 Å². The Kier molecular flexibility index (Phi) is 46.2. The van der Waals surface area contributed by atoms with E-state index in [1.165, 1.54) is 96.3 Å². The van der Waals surface area contributed by atoms with Gasteiger partial charge < -0.3 is 20.3 Å². The van der Waals surface area contributed by atoms with Crippen LogP contribution >= 0.6 is 0 Å². The lowest BCUT2D eigenvalue weighted by molar-refractivity contribution is -0.151. The molecule has 0 bridgehead atoms. The lowest BCUT2D eigenvalue weighted by Gasteiger charge is -2.24. The quantitative estimate of drug-likeness (QED) is 0.0245. The second kappa shape index (κ2) is 48.3. The Bertz CT molecular complexity index is 1140. The molecule has 0 aromatic carbocycles. The van der Waals surface area contributed by atoms with Crippen molar-refractivity contribution in [1.29, 1.82) is 0 Å². The van der Waals surface area contributed by atoms with E-state index >= 15 is 0 Å². The summed E-state index contributed by atoms with van der Waals surface area (Å²) in [6.45, 7) is 6.34. The lowest BCUT2D eigenvalue weighted by atomic mass is 10.0. The van der Waals surface area contributed by atoms with Gasteiger partial charge in [-0.2, -0.15) is 0 Å². The molecule has 0 aromatic rings.